The van der Waals surface area contributed by atoms with E-state index >= 15 is 0 Å². The highest BCUT2D eigenvalue weighted by atomic mass is 16.3. The molecule has 1 fully saturated rings. The van der Waals surface area contributed by atoms with Gasteiger partial charge in [-0.25, -0.2) is 0 Å². The van der Waals surface area contributed by atoms with Gasteiger partial charge in [0.05, 0.1) is 17.4 Å². The monoisotopic (exact) mass is 254 g/mol. The largest absolute Gasteiger partial charge is 0.255 e. The Balaban J connectivity index is 2.39. The molecule has 18 heavy (non-hydrogen) atoms. The van der Waals surface area contributed by atoms with Crippen LogP contribution in [0.5, 0.6) is 0 Å². The molecule has 3 nitrogen and oxygen atoms in total. The van der Waals surface area contributed by atoms with Crippen LogP contribution in [0, 0.1) is 4.91 Å². The standard InChI is InChI=1S/C15H30N2O/c1-3-5-7-10-14-12-9-13-15(17(14)16-18)11-8-6-4-2/h14-15H,3-13H2,1-2H3. The van der Waals surface area contributed by atoms with E-state index in [-0.39, 0.29) is 0 Å². The Labute approximate surface area is 112 Å². The highest BCUT2D eigenvalue weighted by molar-refractivity contribution is 4.82. The molecule has 0 amide bonds. The second-order valence-electron chi connectivity index (χ2n) is 5.69. The molecule has 0 aromatic rings. The lowest BCUT2D eigenvalue weighted by Crippen LogP contribution is -2.42. The fourth-order valence-electron chi connectivity index (χ4n) is 3.10. The lowest BCUT2D eigenvalue weighted by Gasteiger charge is -2.38. The van der Waals surface area contributed by atoms with Gasteiger partial charge in [0.25, 0.3) is 0 Å². The van der Waals surface area contributed by atoms with Crippen LogP contribution in [-0.2, 0) is 0 Å². The Morgan fingerprint density at radius 1 is 0.944 bits per heavy atom. The number of nitroso groups, excluding NO2 is 1. The molecule has 1 heterocycles. The van der Waals surface area contributed by atoms with Gasteiger partial charge >= 0.3 is 0 Å². The first-order chi connectivity index (χ1) is 8.83. The van der Waals surface area contributed by atoms with Gasteiger partial charge in [0, 0.05) is 0 Å². The van der Waals surface area contributed by atoms with Crippen molar-refractivity contribution in [3.05, 3.63) is 4.91 Å². The molecule has 0 N–H and O–H groups in total. The molecule has 3 heteroatoms. The van der Waals surface area contributed by atoms with E-state index in [9.17, 15) is 4.91 Å². The SMILES string of the molecule is CCCCCC1CCCC(CCCCC)N1N=O. The first kappa shape index (κ1) is 15.5. The Morgan fingerprint density at radius 3 is 1.83 bits per heavy atom. The van der Waals surface area contributed by atoms with E-state index in [0.717, 1.165) is 12.8 Å². The molecular formula is C15H30N2O. The number of unbranched alkanes of at least 4 members (excludes halogenated alkanes) is 4. The third-order valence-corrected chi connectivity index (χ3v) is 4.20. The van der Waals surface area contributed by atoms with Gasteiger partial charge < -0.3 is 0 Å². The minimum atomic E-state index is 0.425. The second-order valence-corrected chi connectivity index (χ2v) is 5.69. The second kappa shape index (κ2) is 9.35. The van der Waals surface area contributed by atoms with Crippen molar-refractivity contribution in [3.8, 4) is 0 Å². The van der Waals surface area contributed by atoms with E-state index in [1.807, 2.05) is 5.01 Å². The van der Waals surface area contributed by atoms with Crippen LogP contribution in [0.4, 0.5) is 0 Å². The number of hydrogen-bond acceptors (Lipinski definition) is 2. The molecular weight excluding hydrogens is 224 g/mol. The number of rotatable bonds is 9. The fraction of sp³-hybridized carbons (Fsp3) is 1.00. The van der Waals surface area contributed by atoms with E-state index in [2.05, 4.69) is 19.1 Å². The summed E-state index contributed by atoms with van der Waals surface area (Å²) in [5.41, 5.74) is 0. The summed E-state index contributed by atoms with van der Waals surface area (Å²) in [5, 5.41) is 5.26. The van der Waals surface area contributed by atoms with Gasteiger partial charge in [-0.05, 0) is 32.1 Å². The number of piperidine rings is 1. The summed E-state index contributed by atoms with van der Waals surface area (Å²) >= 11 is 0. The lowest BCUT2D eigenvalue weighted by atomic mass is 9.91. The van der Waals surface area contributed by atoms with Crippen LogP contribution in [0.3, 0.4) is 0 Å². The molecule has 0 bridgehead atoms. The molecule has 106 valence electrons. The minimum absolute atomic E-state index is 0.425. The van der Waals surface area contributed by atoms with Crippen LogP contribution in [-0.4, -0.2) is 17.1 Å². The van der Waals surface area contributed by atoms with E-state index < -0.39 is 0 Å². The average Bonchev–Trinajstić information content (AvgIpc) is 2.39. The van der Waals surface area contributed by atoms with Crippen molar-refractivity contribution in [2.75, 3.05) is 0 Å². The Morgan fingerprint density at radius 2 is 1.44 bits per heavy atom. The van der Waals surface area contributed by atoms with E-state index in [0.29, 0.717) is 12.1 Å². The first-order valence-corrected chi connectivity index (χ1v) is 7.95. The maximum atomic E-state index is 11.1. The highest BCUT2D eigenvalue weighted by Crippen LogP contribution is 2.29. The van der Waals surface area contributed by atoms with Crippen molar-refractivity contribution in [2.24, 2.45) is 5.29 Å². The third-order valence-electron chi connectivity index (χ3n) is 4.20. The van der Waals surface area contributed by atoms with Crippen LogP contribution < -0.4 is 0 Å². The van der Waals surface area contributed by atoms with Crippen LogP contribution >= 0.6 is 0 Å². The summed E-state index contributed by atoms with van der Waals surface area (Å²) in [6.07, 6.45) is 13.5. The predicted molar refractivity (Wildman–Crippen MR) is 77.3 cm³/mol. The van der Waals surface area contributed by atoms with Gasteiger partial charge in [-0.1, -0.05) is 52.4 Å². The zero-order valence-corrected chi connectivity index (χ0v) is 12.2. The quantitative estimate of drug-likeness (QED) is 0.426. The van der Waals surface area contributed by atoms with Gasteiger partial charge in [0.1, 0.15) is 0 Å². The first-order valence-electron chi connectivity index (χ1n) is 7.95. The Hall–Kier alpha value is -0.600. The van der Waals surface area contributed by atoms with Crippen molar-refractivity contribution < 1.29 is 0 Å². The smallest absolute Gasteiger partial charge is 0.0529 e. The van der Waals surface area contributed by atoms with Crippen LogP contribution in [0.25, 0.3) is 0 Å². The summed E-state index contributed by atoms with van der Waals surface area (Å²) in [7, 11) is 0. The van der Waals surface area contributed by atoms with Crippen molar-refractivity contribution in [3.63, 3.8) is 0 Å². The lowest BCUT2D eigenvalue weighted by molar-refractivity contribution is 0.0704. The molecule has 1 aliphatic heterocycles. The summed E-state index contributed by atoms with van der Waals surface area (Å²) in [6.45, 7) is 4.45. The normalized spacial score (nSPS) is 24.2. The van der Waals surface area contributed by atoms with Crippen LogP contribution in [0.15, 0.2) is 5.29 Å². The van der Waals surface area contributed by atoms with Gasteiger partial charge in [-0.3, -0.25) is 5.01 Å². The zero-order chi connectivity index (χ0) is 13.2. The molecule has 0 saturated carbocycles. The molecule has 0 aromatic carbocycles. The summed E-state index contributed by atoms with van der Waals surface area (Å²) < 4.78 is 0. The van der Waals surface area contributed by atoms with Gasteiger partial charge in [0.2, 0.25) is 0 Å². The molecule has 0 aromatic heterocycles. The fourth-order valence-corrected chi connectivity index (χ4v) is 3.10. The van der Waals surface area contributed by atoms with Crippen LogP contribution in [0.2, 0.25) is 0 Å². The molecule has 2 unspecified atom stereocenters. The molecule has 1 aliphatic rings. The van der Waals surface area contributed by atoms with Crippen molar-refractivity contribution in [1.29, 1.82) is 0 Å². The zero-order valence-electron chi connectivity index (χ0n) is 12.2. The summed E-state index contributed by atoms with van der Waals surface area (Å²) in [4.78, 5) is 11.1. The van der Waals surface area contributed by atoms with Crippen LogP contribution in [0.1, 0.15) is 84.5 Å². The minimum Gasteiger partial charge on any atom is -0.255 e. The van der Waals surface area contributed by atoms with Crippen molar-refractivity contribution >= 4 is 0 Å². The Kier molecular flexibility index (Phi) is 8.03. The molecule has 1 rings (SSSR count). The molecule has 0 spiro atoms. The maximum Gasteiger partial charge on any atom is 0.0529 e. The number of hydrogen-bond donors (Lipinski definition) is 0. The molecule has 1 saturated heterocycles. The Bertz CT molecular complexity index is 203. The van der Waals surface area contributed by atoms with Crippen molar-refractivity contribution in [2.45, 2.75) is 96.6 Å². The van der Waals surface area contributed by atoms with Gasteiger partial charge in [-0.2, -0.15) is 0 Å². The number of nitrogens with zero attached hydrogens (tertiary/aromatic N) is 2. The molecule has 0 radical (unpaired) electrons. The van der Waals surface area contributed by atoms with E-state index in [1.54, 1.807) is 0 Å². The maximum absolute atomic E-state index is 11.1. The topological polar surface area (TPSA) is 32.7 Å². The summed E-state index contributed by atoms with van der Waals surface area (Å²) in [5.74, 6) is 0. The molecule has 2 atom stereocenters. The third kappa shape index (κ3) is 4.95. The predicted octanol–water partition coefficient (Wildman–Crippen LogP) is 5.05. The molecule has 0 aliphatic carbocycles. The van der Waals surface area contributed by atoms with Gasteiger partial charge in [-0.15, -0.1) is 4.91 Å². The highest BCUT2D eigenvalue weighted by Gasteiger charge is 2.29. The van der Waals surface area contributed by atoms with E-state index in [4.69, 9.17) is 0 Å². The van der Waals surface area contributed by atoms with Gasteiger partial charge in [0.15, 0.2) is 0 Å². The summed E-state index contributed by atoms with van der Waals surface area (Å²) in [6, 6.07) is 0.851. The van der Waals surface area contributed by atoms with E-state index in [1.165, 1.54) is 57.8 Å². The average molecular weight is 254 g/mol. The van der Waals surface area contributed by atoms with Crippen molar-refractivity contribution in [1.82, 2.24) is 5.01 Å².